The van der Waals surface area contributed by atoms with Crippen LogP contribution in [0.15, 0.2) is 42.5 Å². The van der Waals surface area contributed by atoms with Gasteiger partial charge in [0.15, 0.2) is 0 Å². The molecule has 0 fully saturated rings. The van der Waals surface area contributed by atoms with Crippen LogP contribution in [0.1, 0.15) is 39.6 Å². The lowest BCUT2D eigenvalue weighted by atomic mass is 10.1. The minimum absolute atomic E-state index is 0.283. The van der Waals surface area contributed by atoms with Crippen molar-refractivity contribution in [1.29, 1.82) is 0 Å². The molecule has 5 heteroatoms. The quantitative estimate of drug-likeness (QED) is 0.859. The van der Waals surface area contributed by atoms with Gasteiger partial charge < -0.3 is 15.8 Å². The number of primary amides is 1. The summed E-state index contributed by atoms with van der Waals surface area (Å²) in [4.78, 5) is 24.1. The maximum atomic E-state index is 12.6. The number of nitrogens with one attached hydrogen (secondary N) is 1. The molecule has 0 aliphatic rings. The molecule has 3 N–H and O–H groups in total. The molecule has 2 aromatic carbocycles. The van der Waals surface area contributed by atoms with E-state index in [2.05, 4.69) is 5.32 Å². The summed E-state index contributed by atoms with van der Waals surface area (Å²) in [6, 6.07) is 12.1. The van der Waals surface area contributed by atoms with Gasteiger partial charge in [-0.25, -0.2) is 0 Å². The van der Waals surface area contributed by atoms with E-state index in [0.717, 1.165) is 12.0 Å². The largest absolute Gasteiger partial charge is 0.493 e. The number of carbonyl (C=O) groups is 2. The summed E-state index contributed by atoms with van der Waals surface area (Å²) in [5.41, 5.74) is 7.27. The average Bonchev–Trinajstić information content (AvgIpc) is 2.54. The first-order valence-corrected chi connectivity index (χ1v) is 7.47. The molecule has 0 spiro atoms. The zero-order valence-electron chi connectivity index (χ0n) is 13.3. The first kappa shape index (κ1) is 16.5. The van der Waals surface area contributed by atoms with Crippen LogP contribution in [-0.4, -0.2) is 18.4 Å². The molecule has 0 bridgehead atoms. The van der Waals surface area contributed by atoms with Crippen molar-refractivity contribution in [2.45, 2.75) is 20.3 Å². The molecule has 120 valence electrons. The Morgan fingerprint density at radius 3 is 2.48 bits per heavy atom. The highest BCUT2D eigenvalue weighted by Crippen LogP contribution is 2.24. The van der Waals surface area contributed by atoms with Gasteiger partial charge in [-0.1, -0.05) is 31.2 Å². The predicted octanol–water partition coefficient (Wildman–Crippen LogP) is 3.14. The lowest BCUT2D eigenvalue weighted by molar-refractivity contribution is 0.100. The number of benzene rings is 2. The molecule has 0 atom stereocenters. The van der Waals surface area contributed by atoms with Crippen LogP contribution in [0.25, 0.3) is 0 Å². The summed E-state index contributed by atoms with van der Waals surface area (Å²) in [6.45, 7) is 4.33. The highest BCUT2D eigenvalue weighted by Gasteiger charge is 2.17. The molecule has 2 rings (SSSR count). The number of nitrogens with two attached hydrogens (primary N) is 1. The molecular weight excluding hydrogens is 292 g/mol. The van der Waals surface area contributed by atoms with Crippen LogP contribution in [0.4, 0.5) is 5.69 Å². The van der Waals surface area contributed by atoms with E-state index in [1.165, 1.54) is 0 Å². The van der Waals surface area contributed by atoms with Gasteiger partial charge in [0.25, 0.3) is 11.8 Å². The Bertz CT molecular complexity index is 726. The van der Waals surface area contributed by atoms with E-state index < -0.39 is 5.91 Å². The van der Waals surface area contributed by atoms with Crippen molar-refractivity contribution in [3.8, 4) is 5.75 Å². The van der Waals surface area contributed by atoms with E-state index >= 15 is 0 Å². The minimum atomic E-state index is -0.584. The van der Waals surface area contributed by atoms with Crippen LogP contribution in [0, 0.1) is 6.92 Å². The summed E-state index contributed by atoms with van der Waals surface area (Å²) in [5.74, 6) is -0.408. The first-order valence-electron chi connectivity index (χ1n) is 7.47. The summed E-state index contributed by atoms with van der Waals surface area (Å²) in [7, 11) is 0. The van der Waals surface area contributed by atoms with Crippen molar-refractivity contribution in [1.82, 2.24) is 0 Å². The number of hydrogen-bond acceptors (Lipinski definition) is 3. The van der Waals surface area contributed by atoms with Crippen molar-refractivity contribution >= 4 is 17.5 Å². The zero-order chi connectivity index (χ0) is 16.8. The molecule has 0 radical (unpaired) electrons. The van der Waals surface area contributed by atoms with Gasteiger partial charge in [0.05, 0.1) is 23.4 Å². The number of carbonyl (C=O) groups excluding carboxylic acids is 2. The normalized spacial score (nSPS) is 10.2. The van der Waals surface area contributed by atoms with E-state index in [-0.39, 0.29) is 11.5 Å². The molecule has 0 heterocycles. The fraction of sp³-hybridized carbons (Fsp3) is 0.222. The number of rotatable bonds is 6. The number of anilines is 1. The molecule has 0 saturated heterocycles. The molecule has 23 heavy (non-hydrogen) atoms. The van der Waals surface area contributed by atoms with Gasteiger partial charge >= 0.3 is 0 Å². The standard InChI is InChI=1S/C18H20N2O3/c1-3-11-23-15-10-5-4-8-13(15)18(22)20-16-12(2)7-6-9-14(16)17(19)21/h4-10H,3,11H2,1-2H3,(H2,19,21)(H,20,22). The fourth-order valence-corrected chi connectivity index (χ4v) is 2.21. The van der Waals surface area contributed by atoms with Crippen molar-refractivity contribution in [2.75, 3.05) is 11.9 Å². The molecule has 2 aromatic rings. The number of aryl methyl sites for hydroxylation is 1. The second-order valence-electron chi connectivity index (χ2n) is 5.16. The number of hydrogen-bond donors (Lipinski definition) is 2. The van der Waals surface area contributed by atoms with Crippen LogP contribution in [0.3, 0.4) is 0 Å². The average molecular weight is 312 g/mol. The predicted molar refractivity (Wildman–Crippen MR) is 89.9 cm³/mol. The Hall–Kier alpha value is -2.82. The Morgan fingerprint density at radius 2 is 1.78 bits per heavy atom. The van der Waals surface area contributed by atoms with Crippen LogP contribution in [0.2, 0.25) is 0 Å². The van der Waals surface area contributed by atoms with E-state index in [1.54, 1.807) is 30.3 Å². The summed E-state index contributed by atoms with van der Waals surface area (Å²) < 4.78 is 5.60. The van der Waals surface area contributed by atoms with E-state index in [1.807, 2.05) is 26.0 Å². The first-order chi connectivity index (χ1) is 11.0. The Morgan fingerprint density at radius 1 is 1.09 bits per heavy atom. The summed E-state index contributed by atoms with van der Waals surface area (Å²) in [6.07, 6.45) is 0.847. The third kappa shape index (κ3) is 3.88. The van der Waals surface area contributed by atoms with Gasteiger partial charge in [0.2, 0.25) is 0 Å². The smallest absolute Gasteiger partial charge is 0.259 e. The third-order valence-electron chi connectivity index (χ3n) is 3.37. The van der Waals surface area contributed by atoms with Crippen LogP contribution in [0.5, 0.6) is 5.75 Å². The molecule has 0 aromatic heterocycles. The summed E-state index contributed by atoms with van der Waals surface area (Å²) in [5, 5.41) is 2.77. The van der Waals surface area contributed by atoms with E-state index in [0.29, 0.717) is 23.6 Å². The number of para-hydroxylation sites is 2. The van der Waals surface area contributed by atoms with Gasteiger partial charge in [-0.05, 0) is 37.1 Å². The molecule has 0 saturated carbocycles. The van der Waals surface area contributed by atoms with Gasteiger partial charge in [0.1, 0.15) is 5.75 Å². The second kappa shape index (κ2) is 7.45. The monoisotopic (exact) mass is 312 g/mol. The maximum absolute atomic E-state index is 12.6. The minimum Gasteiger partial charge on any atom is -0.493 e. The lowest BCUT2D eigenvalue weighted by Crippen LogP contribution is -2.19. The zero-order valence-corrected chi connectivity index (χ0v) is 13.3. The van der Waals surface area contributed by atoms with Crippen LogP contribution < -0.4 is 15.8 Å². The molecule has 0 aliphatic carbocycles. The molecule has 5 nitrogen and oxygen atoms in total. The summed E-state index contributed by atoms with van der Waals surface area (Å²) >= 11 is 0. The Balaban J connectivity index is 2.32. The van der Waals surface area contributed by atoms with Crippen molar-refractivity contribution in [3.63, 3.8) is 0 Å². The van der Waals surface area contributed by atoms with Gasteiger partial charge in [-0.15, -0.1) is 0 Å². The molecule has 0 aliphatic heterocycles. The van der Waals surface area contributed by atoms with Crippen LogP contribution >= 0.6 is 0 Å². The van der Waals surface area contributed by atoms with E-state index in [4.69, 9.17) is 10.5 Å². The SMILES string of the molecule is CCCOc1ccccc1C(=O)Nc1c(C)cccc1C(N)=O. The van der Waals surface area contributed by atoms with Crippen molar-refractivity contribution in [3.05, 3.63) is 59.2 Å². The lowest BCUT2D eigenvalue weighted by Gasteiger charge is -2.14. The number of ether oxygens (including phenoxy) is 1. The van der Waals surface area contributed by atoms with Crippen LogP contribution in [-0.2, 0) is 0 Å². The van der Waals surface area contributed by atoms with Gasteiger partial charge in [-0.3, -0.25) is 9.59 Å². The maximum Gasteiger partial charge on any atom is 0.259 e. The molecular formula is C18H20N2O3. The Kier molecular flexibility index (Phi) is 5.36. The highest BCUT2D eigenvalue weighted by molar-refractivity contribution is 6.10. The molecule has 0 unspecified atom stereocenters. The van der Waals surface area contributed by atoms with Crippen molar-refractivity contribution in [2.24, 2.45) is 5.73 Å². The van der Waals surface area contributed by atoms with Gasteiger partial charge in [0, 0.05) is 0 Å². The van der Waals surface area contributed by atoms with Gasteiger partial charge in [-0.2, -0.15) is 0 Å². The van der Waals surface area contributed by atoms with Crippen molar-refractivity contribution < 1.29 is 14.3 Å². The highest BCUT2D eigenvalue weighted by atomic mass is 16.5. The van der Waals surface area contributed by atoms with E-state index in [9.17, 15) is 9.59 Å². The molecule has 2 amide bonds. The number of amides is 2. The fourth-order valence-electron chi connectivity index (χ4n) is 2.21. The third-order valence-corrected chi connectivity index (χ3v) is 3.37. The topological polar surface area (TPSA) is 81.4 Å². The Labute approximate surface area is 135 Å². The second-order valence-corrected chi connectivity index (χ2v) is 5.16.